The van der Waals surface area contributed by atoms with Crippen molar-refractivity contribution in [1.29, 1.82) is 0 Å². The second-order valence-electron chi connectivity index (χ2n) is 7.13. The Morgan fingerprint density at radius 2 is 1.04 bits per heavy atom. The molecular formula is C22H40O. The molecule has 0 aromatic rings. The molecule has 0 aliphatic carbocycles. The SMILES string of the molecule is CCCCCCCCCCCCCCCCCCC=CC1=CO1. The van der Waals surface area contributed by atoms with Crippen LogP contribution in [0, 0.1) is 0 Å². The van der Waals surface area contributed by atoms with Crippen LogP contribution in [0.3, 0.4) is 0 Å². The van der Waals surface area contributed by atoms with Crippen molar-refractivity contribution in [3.05, 3.63) is 24.2 Å². The summed E-state index contributed by atoms with van der Waals surface area (Å²) < 4.78 is 4.95. The van der Waals surface area contributed by atoms with Crippen molar-refractivity contribution in [2.75, 3.05) is 0 Å². The first kappa shape index (κ1) is 20.3. The van der Waals surface area contributed by atoms with Gasteiger partial charge in [0.05, 0.1) is 0 Å². The monoisotopic (exact) mass is 320 g/mol. The summed E-state index contributed by atoms with van der Waals surface area (Å²) in [7, 11) is 0. The van der Waals surface area contributed by atoms with Gasteiger partial charge in [0.15, 0.2) is 5.76 Å². The minimum atomic E-state index is 1.04. The summed E-state index contributed by atoms with van der Waals surface area (Å²) in [4.78, 5) is 0. The van der Waals surface area contributed by atoms with Gasteiger partial charge in [-0.1, -0.05) is 109 Å². The van der Waals surface area contributed by atoms with E-state index in [0.717, 1.165) is 5.76 Å². The fourth-order valence-electron chi connectivity index (χ4n) is 3.12. The fourth-order valence-corrected chi connectivity index (χ4v) is 3.12. The van der Waals surface area contributed by atoms with E-state index in [2.05, 4.69) is 19.1 Å². The fraction of sp³-hybridized carbons (Fsp3) is 0.818. The molecule has 0 aromatic carbocycles. The lowest BCUT2D eigenvalue weighted by molar-refractivity contribution is 0.515. The summed E-state index contributed by atoms with van der Waals surface area (Å²) in [5, 5.41) is 0. The first-order chi connectivity index (χ1) is 11.4. The molecule has 0 fully saturated rings. The van der Waals surface area contributed by atoms with E-state index in [1.165, 1.54) is 109 Å². The molecule has 0 atom stereocenters. The molecule has 0 amide bonds. The van der Waals surface area contributed by atoms with Crippen LogP contribution in [0.4, 0.5) is 0 Å². The molecule has 23 heavy (non-hydrogen) atoms. The summed E-state index contributed by atoms with van der Waals surface area (Å²) >= 11 is 0. The first-order valence-electron chi connectivity index (χ1n) is 10.5. The number of hydrogen-bond acceptors (Lipinski definition) is 1. The first-order valence-corrected chi connectivity index (χ1v) is 10.5. The molecule has 1 aliphatic heterocycles. The van der Waals surface area contributed by atoms with Crippen molar-refractivity contribution in [3.8, 4) is 0 Å². The summed E-state index contributed by atoms with van der Waals surface area (Å²) in [6.07, 6.45) is 30.4. The standard InChI is InChI=1S/C22H40O/c1-2-3-4-5-6-7-8-9-10-11-12-13-14-15-16-17-18-19-20-22-21-23-22/h19-21H,2-18H2,1H3. The second-order valence-corrected chi connectivity index (χ2v) is 7.13. The Morgan fingerprint density at radius 3 is 1.43 bits per heavy atom. The lowest BCUT2D eigenvalue weighted by Crippen LogP contribution is -1.83. The summed E-state index contributed by atoms with van der Waals surface area (Å²) in [5.74, 6) is 1.04. The van der Waals surface area contributed by atoms with Crippen LogP contribution in [0.1, 0.15) is 116 Å². The van der Waals surface area contributed by atoms with Gasteiger partial charge >= 0.3 is 0 Å². The van der Waals surface area contributed by atoms with Crippen molar-refractivity contribution in [2.45, 2.75) is 116 Å². The Hall–Kier alpha value is -0.720. The third-order valence-electron chi connectivity index (χ3n) is 4.76. The van der Waals surface area contributed by atoms with Crippen molar-refractivity contribution < 1.29 is 4.74 Å². The van der Waals surface area contributed by atoms with Gasteiger partial charge in [0, 0.05) is 0 Å². The number of unbranched alkanes of at least 4 members (excludes halogenated alkanes) is 16. The molecule has 1 rings (SSSR count). The third kappa shape index (κ3) is 15.9. The average molecular weight is 321 g/mol. The van der Waals surface area contributed by atoms with Gasteiger partial charge in [-0.15, -0.1) is 0 Å². The Kier molecular flexibility index (Phi) is 14.3. The molecule has 0 saturated heterocycles. The number of allylic oxidation sites excluding steroid dienone is 2. The lowest BCUT2D eigenvalue weighted by Gasteiger charge is -2.03. The van der Waals surface area contributed by atoms with Crippen LogP contribution in [-0.2, 0) is 4.74 Å². The van der Waals surface area contributed by atoms with Gasteiger partial charge in [-0.25, -0.2) is 0 Å². The zero-order chi connectivity index (χ0) is 16.4. The van der Waals surface area contributed by atoms with Crippen LogP contribution >= 0.6 is 0 Å². The van der Waals surface area contributed by atoms with E-state index >= 15 is 0 Å². The molecule has 0 spiro atoms. The minimum Gasteiger partial charge on any atom is -0.458 e. The Labute approximate surface area is 145 Å². The lowest BCUT2D eigenvalue weighted by atomic mass is 10.0. The highest BCUT2D eigenvalue weighted by molar-refractivity contribution is 5.19. The average Bonchev–Trinajstić information content (AvgIpc) is 3.38. The molecule has 0 unspecified atom stereocenters. The molecule has 0 bridgehead atoms. The molecule has 0 saturated carbocycles. The van der Waals surface area contributed by atoms with E-state index in [1.807, 2.05) is 0 Å². The van der Waals surface area contributed by atoms with E-state index in [4.69, 9.17) is 4.74 Å². The number of ether oxygens (including phenoxy) is 1. The Balaban J connectivity index is 1.63. The van der Waals surface area contributed by atoms with Gasteiger partial charge in [0.1, 0.15) is 6.26 Å². The second kappa shape index (κ2) is 16.1. The van der Waals surface area contributed by atoms with E-state index in [9.17, 15) is 0 Å². The smallest absolute Gasteiger partial charge is 0.161 e. The molecule has 1 nitrogen and oxygen atoms in total. The summed E-state index contributed by atoms with van der Waals surface area (Å²) in [6, 6.07) is 0. The largest absolute Gasteiger partial charge is 0.458 e. The molecule has 0 aromatic heterocycles. The van der Waals surface area contributed by atoms with Gasteiger partial charge in [0.25, 0.3) is 0 Å². The van der Waals surface area contributed by atoms with Crippen LogP contribution in [0.5, 0.6) is 0 Å². The van der Waals surface area contributed by atoms with Crippen LogP contribution in [0.25, 0.3) is 0 Å². The van der Waals surface area contributed by atoms with E-state index in [0.29, 0.717) is 0 Å². The predicted octanol–water partition coefficient (Wildman–Crippen LogP) is 8.07. The number of rotatable bonds is 18. The maximum Gasteiger partial charge on any atom is 0.161 e. The van der Waals surface area contributed by atoms with Gasteiger partial charge < -0.3 is 4.74 Å². The third-order valence-corrected chi connectivity index (χ3v) is 4.76. The topological polar surface area (TPSA) is 12.5 Å². The van der Waals surface area contributed by atoms with Crippen molar-refractivity contribution in [1.82, 2.24) is 0 Å². The highest BCUT2D eigenvalue weighted by Crippen LogP contribution is 2.16. The van der Waals surface area contributed by atoms with Crippen LogP contribution in [0.2, 0.25) is 0 Å². The molecule has 134 valence electrons. The molecule has 1 heterocycles. The Bertz CT molecular complexity index is 303. The number of hydrogen-bond donors (Lipinski definition) is 0. The predicted molar refractivity (Wildman–Crippen MR) is 102 cm³/mol. The Morgan fingerprint density at radius 1 is 0.652 bits per heavy atom. The molecule has 1 aliphatic rings. The van der Waals surface area contributed by atoms with Crippen LogP contribution in [0.15, 0.2) is 24.2 Å². The van der Waals surface area contributed by atoms with Crippen molar-refractivity contribution in [2.24, 2.45) is 0 Å². The van der Waals surface area contributed by atoms with Gasteiger partial charge in [-0.05, 0) is 18.9 Å². The molecule has 0 radical (unpaired) electrons. The van der Waals surface area contributed by atoms with Gasteiger partial charge in [0.2, 0.25) is 0 Å². The molecular weight excluding hydrogens is 280 g/mol. The molecule has 0 N–H and O–H groups in total. The zero-order valence-electron chi connectivity index (χ0n) is 15.7. The van der Waals surface area contributed by atoms with E-state index < -0.39 is 0 Å². The zero-order valence-corrected chi connectivity index (χ0v) is 15.7. The maximum absolute atomic E-state index is 4.95. The minimum absolute atomic E-state index is 1.04. The normalized spacial score (nSPS) is 13.3. The van der Waals surface area contributed by atoms with E-state index in [-0.39, 0.29) is 0 Å². The quantitative estimate of drug-likeness (QED) is 0.233. The summed E-state index contributed by atoms with van der Waals surface area (Å²) in [5.41, 5.74) is 0. The van der Waals surface area contributed by atoms with Crippen molar-refractivity contribution >= 4 is 0 Å². The van der Waals surface area contributed by atoms with Gasteiger partial charge in [-0.2, -0.15) is 0 Å². The maximum atomic E-state index is 4.95. The highest BCUT2D eigenvalue weighted by Gasteiger charge is 2.02. The van der Waals surface area contributed by atoms with Crippen LogP contribution in [-0.4, -0.2) is 0 Å². The summed E-state index contributed by atoms with van der Waals surface area (Å²) in [6.45, 7) is 2.29. The molecule has 1 heteroatoms. The van der Waals surface area contributed by atoms with Gasteiger partial charge in [-0.3, -0.25) is 0 Å². The highest BCUT2D eigenvalue weighted by atomic mass is 16.5. The van der Waals surface area contributed by atoms with Crippen molar-refractivity contribution in [3.63, 3.8) is 0 Å². The van der Waals surface area contributed by atoms with E-state index in [1.54, 1.807) is 6.26 Å². The van der Waals surface area contributed by atoms with Crippen LogP contribution < -0.4 is 0 Å².